The van der Waals surface area contributed by atoms with Gasteiger partial charge < -0.3 is 36.9 Å². The van der Waals surface area contributed by atoms with Gasteiger partial charge in [0.05, 0.1) is 12.6 Å². The van der Waals surface area contributed by atoms with Gasteiger partial charge in [0, 0.05) is 23.5 Å². The number of aromatic nitrogens is 1. The average Bonchev–Trinajstić information content (AvgIpc) is 3.22. The fourth-order valence-electron chi connectivity index (χ4n) is 3.44. The Labute approximate surface area is 197 Å². The zero-order chi connectivity index (χ0) is 25.4. The maximum Gasteiger partial charge on any atom is 0.326 e. The standard InChI is InChI=1S/C23H33N5O6/c1-4-12(2)19(28-20(30)13(3)24)22(32)27-18(11-29)21(31)26-17(23(33)34)9-14-10-25-16-8-6-5-7-15(14)16/h5-8,10,12-13,17-19,25,29H,4,9,11,24H2,1-3H3,(H,26,31)(H,27,32)(H,28,30)(H,33,34). The van der Waals surface area contributed by atoms with Crippen LogP contribution in [-0.2, 0) is 25.6 Å². The van der Waals surface area contributed by atoms with Crippen molar-refractivity contribution in [1.82, 2.24) is 20.9 Å². The van der Waals surface area contributed by atoms with Crippen LogP contribution in [-0.4, -0.2) is 69.7 Å². The lowest BCUT2D eigenvalue weighted by Crippen LogP contribution is -2.59. The zero-order valence-corrected chi connectivity index (χ0v) is 19.5. The minimum atomic E-state index is -1.41. The van der Waals surface area contributed by atoms with Crippen LogP contribution in [0.1, 0.15) is 32.8 Å². The van der Waals surface area contributed by atoms with Gasteiger partial charge in [-0.2, -0.15) is 0 Å². The number of H-pyrrole nitrogens is 1. The van der Waals surface area contributed by atoms with Crippen LogP contribution in [0.4, 0.5) is 0 Å². The minimum Gasteiger partial charge on any atom is -0.480 e. The molecule has 0 aliphatic heterocycles. The number of hydrogen-bond donors (Lipinski definition) is 7. The van der Waals surface area contributed by atoms with Gasteiger partial charge in [-0.3, -0.25) is 14.4 Å². The number of aliphatic hydroxyl groups is 1. The number of benzene rings is 1. The van der Waals surface area contributed by atoms with Gasteiger partial charge in [-0.05, 0) is 24.5 Å². The second-order valence-electron chi connectivity index (χ2n) is 8.37. The summed E-state index contributed by atoms with van der Waals surface area (Å²) in [6, 6.07) is 2.84. The summed E-state index contributed by atoms with van der Waals surface area (Å²) in [5.41, 5.74) is 7.10. The molecular weight excluding hydrogens is 442 g/mol. The maximum absolute atomic E-state index is 12.8. The highest BCUT2D eigenvalue weighted by molar-refractivity contribution is 5.94. The Balaban J connectivity index is 2.11. The van der Waals surface area contributed by atoms with Crippen LogP contribution < -0.4 is 21.7 Å². The van der Waals surface area contributed by atoms with Gasteiger partial charge in [0.15, 0.2) is 0 Å². The smallest absolute Gasteiger partial charge is 0.326 e. The van der Waals surface area contributed by atoms with Gasteiger partial charge in [0.25, 0.3) is 0 Å². The van der Waals surface area contributed by atoms with E-state index in [0.717, 1.165) is 10.9 Å². The third-order valence-electron chi connectivity index (χ3n) is 5.74. The van der Waals surface area contributed by atoms with Crippen molar-refractivity contribution in [2.45, 2.75) is 57.8 Å². The molecule has 0 aliphatic carbocycles. The Morgan fingerprint density at radius 1 is 1.00 bits per heavy atom. The minimum absolute atomic E-state index is 0.00286. The predicted octanol–water partition coefficient (Wildman–Crippen LogP) is -0.365. The lowest BCUT2D eigenvalue weighted by molar-refractivity contribution is -0.142. The Hall–Kier alpha value is -3.44. The van der Waals surface area contributed by atoms with E-state index in [1.807, 2.05) is 31.2 Å². The highest BCUT2D eigenvalue weighted by Gasteiger charge is 2.32. The number of carbonyl (C=O) groups is 4. The second kappa shape index (κ2) is 12.1. The number of aromatic amines is 1. The maximum atomic E-state index is 12.8. The summed E-state index contributed by atoms with van der Waals surface area (Å²) in [6.45, 7) is 4.30. The van der Waals surface area contributed by atoms with Crippen molar-refractivity contribution >= 4 is 34.6 Å². The molecule has 2 aromatic rings. The predicted molar refractivity (Wildman–Crippen MR) is 126 cm³/mol. The molecule has 5 atom stereocenters. The van der Waals surface area contributed by atoms with Gasteiger partial charge in [0.2, 0.25) is 17.7 Å². The van der Waals surface area contributed by atoms with Crippen molar-refractivity contribution in [2.75, 3.05) is 6.61 Å². The summed E-state index contributed by atoms with van der Waals surface area (Å²) in [4.78, 5) is 52.5. The number of hydrogen-bond acceptors (Lipinski definition) is 6. The van der Waals surface area contributed by atoms with E-state index in [2.05, 4.69) is 20.9 Å². The molecule has 1 aromatic carbocycles. The van der Waals surface area contributed by atoms with Gasteiger partial charge in [-0.1, -0.05) is 38.5 Å². The first-order valence-corrected chi connectivity index (χ1v) is 11.1. The first-order chi connectivity index (χ1) is 16.1. The molecule has 1 heterocycles. The summed E-state index contributed by atoms with van der Waals surface area (Å²) in [5, 5.41) is 27.5. The highest BCUT2D eigenvalue weighted by Crippen LogP contribution is 2.19. The molecule has 11 heteroatoms. The van der Waals surface area contributed by atoms with E-state index < -0.39 is 54.5 Å². The molecule has 0 radical (unpaired) electrons. The van der Waals surface area contributed by atoms with Crippen LogP contribution in [0.15, 0.2) is 30.5 Å². The van der Waals surface area contributed by atoms with E-state index >= 15 is 0 Å². The molecule has 8 N–H and O–H groups in total. The third kappa shape index (κ3) is 6.78. The van der Waals surface area contributed by atoms with E-state index in [1.165, 1.54) is 6.92 Å². The van der Waals surface area contributed by atoms with Crippen molar-refractivity contribution in [3.8, 4) is 0 Å². The summed E-state index contributed by atoms with van der Waals surface area (Å²) >= 11 is 0. The number of carboxylic acid groups (broad SMARTS) is 1. The number of rotatable bonds is 12. The summed E-state index contributed by atoms with van der Waals surface area (Å²) in [7, 11) is 0. The third-order valence-corrected chi connectivity index (χ3v) is 5.74. The van der Waals surface area contributed by atoms with E-state index in [0.29, 0.717) is 12.0 Å². The first kappa shape index (κ1) is 26.8. The van der Waals surface area contributed by atoms with E-state index in [9.17, 15) is 29.4 Å². The number of aliphatic hydroxyl groups excluding tert-OH is 1. The molecule has 0 fully saturated rings. The van der Waals surface area contributed by atoms with Crippen LogP contribution in [0.3, 0.4) is 0 Å². The van der Waals surface area contributed by atoms with Crippen LogP contribution >= 0.6 is 0 Å². The molecular formula is C23H33N5O6. The SMILES string of the molecule is CCC(C)C(NC(=O)C(C)N)C(=O)NC(CO)C(=O)NC(Cc1c[nH]c2ccccc12)C(=O)O. The number of carbonyl (C=O) groups excluding carboxylic acids is 3. The summed E-state index contributed by atoms with van der Waals surface area (Å²) < 4.78 is 0. The van der Waals surface area contributed by atoms with E-state index in [4.69, 9.17) is 5.73 Å². The Kier molecular flexibility index (Phi) is 9.58. The van der Waals surface area contributed by atoms with Crippen LogP contribution in [0.2, 0.25) is 0 Å². The number of para-hydroxylation sites is 1. The topological polar surface area (TPSA) is 187 Å². The Bertz CT molecular complexity index is 1020. The van der Waals surface area contributed by atoms with Gasteiger partial charge in [-0.25, -0.2) is 4.79 Å². The molecule has 186 valence electrons. The van der Waals surface area contributed by atoms with Gasteiger partial charge in [0.1, 0.15) is 18.1 Å². The molecule has 0 aliphatic rings. The van der Waals surface area contributed by atoms with E-state index in [-0.39, 0.29) is 12.3 Å². The quantitative estimate of drug-likeness (QED) is 0.218. The number of amides is 3. The number of carboxylic acids is 1. The normalized spacial score (nSPS) is 15.6. The molecule has 1 aromatic heterocycles. The van der Waals surface area contributed by atoms with Crippen LogP contribution in [0.25, 0.3) is 10.9 Å². The lowest BCUT2D eigenvalue weighted by atomic mass is 9.97. The van der Waals surface area contributed by atoms with Crippen molar-refractivity contribution in [3.05, 3.63) is 36.0 Å². The van der Waals surface area contributed by atoms with Crippen molar-refractivity contribution in [3.63, 3.8) is 0 Å². The molecule has 5 unspecified atom stereocenters. The zero-order valence-electron chi connectivity index (χ0n) is 19.5. The van der Waals surface area contributed by atoms with E-state index in [1.54, 1.807) is 13.1 Å². The molecule has 0 saturated carbocycles. The first-order valence-electron chi connectivity index (χ1n) is 11.1. The monoisotopic (exact) mass is 475 g/mol. The fraction of sp³-hybridized carbons (Fsp3) is 0.478. The molecule has 2 rings (SSSR count). The lowest BCUT2D eigenvalue weighted by Gasteiger charge is -2.27. The van der Waals surface area contributed by atoms with Crippen LogP contribution in [0, 0.1) is 5.92 Å². The summed E-state index contributed by atoms with van der Waals surface area (Å²) in [5.74, 6) is -3.61. The summed E-state index contributed by atoms with van der Waals surface area (Å²) in [6.07, 6.45) is 2.23. The van der Waals surface area contributed by atoms with Crippen LogP contribution in [0.5, 0.6) is 0 Å². The van der Waals surface area contributed by atoms with Crippen molar-refractivity contribution in [1.29, 1.82) is 0 Å². The largest absolute Gasteiger partial charge is 0.480 e. The number of nitrogens with one attached hydrogen (secondary N) is 4. The Morgan fingerprint density at radius 2 is 1.65 bits per heavy atom. The Morgan fingerprint density at radius 3 is 2.24 bits per heavy atom. The second-order valence-corrected chi connectivity index (χ2v) is 8.37. The molecule has 11 nitrogen and oxygen atoms in total. The molecule has 34 heavy (non-hydrogen) atoms. The van der Waals surface area contributed by atoms with Crippen molar-refractivity contribution in [2.24, 2.45) is 11.7 Å². The molecule has 0 bridgehead atoms. The van der Waals surface area contributed by atoms with Crippen molar-refractivity contribution < 1.29 is 29.4 Å². The van der Waals surface area contributed by atoms with Gasteiger partial charge in [-0.15, -0.1) is 0 Å². The molecule has 0 saturated heterocycles. The number of aliphatic carboxylic acids is 1. The molecule has 3 amide bonds. The van der Waals surface area contributed by atoms with Gasteiger partial charge >= 0.3 is 5.97 Å². The number of nitrogens with two attached hydrogens (primary N) is 1. The highest BCUT2D eigenvalue weighted by atomic mass is 16.4. The average molecular weight is 476 g/mol. The fourth-order valence-corrected chi connectivity index (χ4v) is 3.44. The molecule has 0 spiro atoms. The number of fused-ring (bicyclic) bond motifs is 1.